The molecule has 0 amide bonds. The molecule has 0 radical (unpaired) electrons. The van der Waals surface area contributed by atoms with Crippen molar-refractivity contribution in [2.75, 3.05) is 18.0 Å². The molecule has 140 valence electrons. The molecule has 2 aliphatic rings. The van der Waals surface area contributed by atoms with Gasteiger partial charge in [0.25, 0.3) is 0 Å². The first-order valence-electron chi connectivity index (χ1n) is 9.03. The summed E-state index contributed by atoms with van der Waals surface area (Å²) < 4.78 is 0. The molecule has 2 aromatic carbocycles. The molecule has 5 nitrogen and oxygen atoms in total. The van der Waals surface area contributed by atoms with Gasteiger partial charge in [0.05, 0.1) is 16.9 Å². The number of likely N-dealkylation sites (tertiary alicyclic amines) is 1. The van der Waals surface area contributed by atoms with E-state index in [2.05, 4.69) is 56.7 Å². The highest BCUT2D eigenvalue weighted by Gasteiger charge is 2.43. The van der Waals surface area contributed by atoms with Gasteiger partial charge in [0.1, 0.15) is 0 Å². The Morgan fingerprint density at radius 2 is 2.04 bits per heavy atom. The number of rotatable bonds is 5. The van der Waals surface area contributed by atoms with E-state index >= 15 is 0 Å². The van der Waals surface area contributed by atoms with Gasteiger partial charge in [0.15, 0.2) is 5.11 Å². The largest absolute Gasteiger partial charge is 0.375 e. The van der Waals surface area contributed by atoms with E-state index in [0.717, 1.165) is 35.9 Å². The van der Waals surface area contributed by atoms with Gasteiger partial charge >= 0.3 is 0 Å². The van der Waals surface area contributed by atoms with Crippen molar-refractivity contribution < 1.29 is 0 Å². The van der Waals surface area contributed by atoms with E-state index in [1.54, 1.807) is 6.21 Å². The first-order chi connectivity index (χ1) is 13.1. The zero-order chi connectivity index (χ0) is 18.8. The number of nitrogens with one attached hydrogen (secondary N) is 1. The molecule has 3 N–H and O–H groups in total. The van der Waals surface area contributed by atoms with E-state index in [1.165, 1.54) is 12.0 Å². The smallest absolute Gasteiger partial charge is 0.184 e. The third kappa shape index (κ3) is 4.08. The molecule has 0 aliphatic carbocycles. The summed E-state index contributed by atoms with van der Waals surface area (Å²) in [6, 6.07) is 17.8. The van der Waals surface area contributed by atoms with Crippen molar-refractivity contribution in [3.05, 3.63) is 64.7 Å². The highest BCUT2D eigenvalue weighted by molar-refractivity contribution is 7.80. The molecule has 27 heavy (non-hydrogen) atoms. The minimum absolute atomic E-state index is 0.141. The zero-order valence-corrected chi connectivity index (χ0v) is 16.5. The van der Waals surface area contributed by atoms with Crippen LogP contribution in [0.4, 0.5) is 5.69 Å². The number of hydrogen-bond donors (Lipinski definition) is 2. The molecule has 2 heterocycles. The van der Waals surface area contributed by atoms with Gasteiger partial charge < -0.3 is 10.6 Å². The summed E-state index contributed by atoms with van der Waals surface area (Å²) in [5.74, 6) is 0. The van der Waals surface area contributed by atoms with Crippen LogP contribution in [-0.2, 0) is 6.54 Å². The van der Waals surface area contributed by atoms with Crippen LogP contribution in [0.15, 0.2) is 53.6 Å². The van der Waals surface area contributed by atoms with Crippen LogP contribution >= 0.6 is 23.8 Å². The predicted molar refractivity (Wildman–Crippen MR) is 115 cm³/mol. The van der Waals surface area contributed by atoms with E-state index in [4.69, 9.17) is 29.6 Å². The van der Waals surface area contributed by atoms with E-state index in [1.807, 2.05) is 12.1 Å². The summed E-state index contributed by atoms with van der Waals surface area (Å²) in [4.78, 5) is 5.04. The van der Waals surface area contributed by atoms with Crippen molar-refractivity contribution in [1.82, 2.24) is 10.3 Å². The maximum atomic E-state index is 6.57. The molecule has 2 saturated heterocycles. The Balaban J connectivity index is 1.41. The molecular weight excluding hydrogens is 378 g/mol. The summed E-state index contributed by atoms with van der Waals surface area (Å²) in [5.41, 5.74) is 11.3. The second-order valence-corrected chi connectivity index (χ2v) is 7.90. The Morgan fingerprint density at radius 3 is 2.70 bits per heavy atom. The number of piperazine rings is 1. The number of benzene rings is 2. The molecule has 2 bridgehead atoms. The molecule has 4 rings (SSSR count). The first kappa shape index (κ1) is 18.2. The van der Waals surface area contributed by atoms with E-state index in [9.17, 15) is 0 Å². The van der Waals surface area contributed by atoms with Gasteiger partial charge in [-0.2, -0.15) is 5.10 Å². The summed E-state index contributed by atoms with van der Waals surface area (Å²) in [5, 5.41) is 4.86. The normalized spacial score (nSPS) is 21.9. The summed E-state index contributed by atoms with van der Waals surface area (Å²) in [7, 11) is 0. The van der Waals surface area contributed by atoms with Crippen molar-refractivity contribution in [1.29, 1.82) is 0 Å². The van der Waals surface area contributed by atoms with Crippen LogP contribution in [0.25, 0.3) is 0 Å². The molecule has 2 aliphatic heterocycles. The van der Waals surface area contributed by atoms with Gasteiger partial charge in [-0.25, -0.2) is 0 Å². The fraction of sp³-hybridized carbons (Fsp3) is 0.300. The number of hydrazone groups is 1. The number of thiocarbonyl (C=S) groups is 1. The molecule has 2 fully saturated rings. The molecule has 7 heteroatoms. The van der Waals surface area contributed by atoms with Crippen LogP contribution in [0.3, 0.4) is 0 Å². The van der Waals surface area contributed by atoms with Crippen LogP contribution in [-0.4, -0.2) is 41.4 Å². The zero-order valence-electron chi connectivity index (χ0n) is 14.9. The first-order valence-corrected chi connectivity index (χ1v) is 9.81. The topological polar surface area (TPSA) is 56.9 Å². The highest BCUT2D eigenvalue weighted by Crippen LogP contribution is 2.38. The van der Waals surface area contributed by atoms with Gasteiger partial charge in [0.2, 0.25) is 0 Å². The SMILES string of the molecule is NC(=S)NN=Cc1ccc(N2C[C@@H]3C[C@H]2CN3Cc2ccccc2)c(Cl)c1. The molecular formula is C20H22ClN5S. The second kappa shape index (κ2) is 7.84. The van der Waals surface area contributed by atoms with Gasteiger partial charge in [-0.3, -0.25) is 10.3 Å². The Labute approximate surface area is 169 Å². The quantitative estimate of drug-likeness (QED) is 0.460. The van der Waals surface area contributed by atoms with Crippen LogP contribution in [0, 0.1) is 0 Å². The van der Waals surface area contributed by atoms with Crippen molar-refractivity contribution in [2.24, 2.45) is 10.8 Å². The lowest BCUT2D eigenvalue weighted by atomic mass is 10.1. The van der Waals surface area contributed by atoms with Gasteiger partial charge in [-0.05, 0) is 41.9 Å². The summed E-state index contributed by atoms with van der Waals surface area (Å²) in [6.45, 7) is 3.12. The number of anilines is 1. The maximum Gasteiger partial charge on any atom is 0.184 e. The molecule has 2 atom stereocenters. The minimum atomic E-state index is 0.141. The Morgan fingerprint density at radius 1 is 1.22 bits per heavy atom. The Hall–Kier alpha value is -2.15. The van der Waals surface area contributed by atoms with Gasteiger partial charge in [-0.15, -0.1) is 0 Å². The number of fused-ring (bicyclic) bond motifs is 2. The summed E-state index contributed by atoms with van der Waals surface area (Å²) >= 11 is 11.3. The summed E-state index contributed by atoms with van der Waals surface area (Å²) in [6.07, 6.45) is 2.86. The molecule has 0 unspecified atom stereocenters. The fourth-order valence-electron chi connectivity index (χ4n) is 4.06. The number of nitrogens with two attached hydrogens (primary N) is 1. The lowest BCUT2D eigenvalue weighted by Gasteiger charge is -2.36. The monoisotopic (exact) mass is 399 g/mol. The van der Waals surface area contributed by atoms with E-state index in [-0.39, 0.29) is 5.11 Å². The molecule has 2 aromatic rings. The molecule has 0 spiro atoms. The van der Waals surface area contributed by atoms with E-state index < -0.39 is 0 Å². The maximum absolute atomic E-state index is 6.57. The van der Waals surface area contributed by atoms with Gasteiger partial charge in [0, 0.05) is 31.7 Å². The predicted octanol–water partition coefficient (Wildman–Crippen LogP) is 2.97. The van der Waals surface area contributed by atoms with Crippen LogP contribution < -0.4 is 16.1 Å². The Bertz CT molecular complexity index is 857. The van der Waals surface area contributed by atoms with Crippen molar-refractivity contribution in [3.8, 4) is 0 Å². The number of nitrogens with zero attached hydrogens (tertiary/aromatic N) is 3. The Kier molecular flexibility index (Phi) is 5.29. The third-order valence-electron chi connectivity index (χ3n) is 5.25. The minimum Gasteiger partial charge on any atom is -0.375 e. The average molecular weight is 400 g/mol. The fourth-order valence-corrected chi connectivity index (χ4v) is 4.41. The molecule has 0 aromatic heterocycles. The van der Waals surface area contributed by atoms with Crippen LogP contribution in [0.5, 0.6) is 0 Å². The second-order valence-electron chi connectivity index (χ2n) is 7.06. The standard InChI is InChI=1S/C20H22ClN5S/c21-18-8-15(10-23-24-20(22)27)6-7-19(18)26-13-16-9-17(26)12-25(16)11-14-4-2-1-3-5-14/h1-8,10,16-17H,9,11-13H2,(H3,22,24,27)/t16-,17-/m0/s1. The number of halogens is 1. The molecule has 0 saturated carbocycles. The van der Waals surface area contributed by atoms with Crippen LogP contribution in [0.1, 0.15) is 17.5 Å². The van der Waals surface area contributed by atoms with Crippen LogP contribution in [0.2, 0.25) is 5.02 Å². The van der Waals surface area contributed by atoms with Crippen molar-refractivity contribution >= 4 is 40.8 Å². The van der Waals surface area contributed by atoms with Crippen molar-refractivity contribution in [2.45, 2.75) is 25.0 Å². The highest BCUT2D eigenvalue weighted by atomic mass is 35.5. The number of hydrogen-bond acceptors (Lipinski definition) is 4. The van der Waals surface area contributed by atoms with Crippen molar-refractivity contribution in [3.63, 3.8) is 0 Å². The third-order valence-corrected chi connectivity index (χ3v) is 5.65. The lowest BCUT2D eigenvalue weighted by Crippen LogP contribution is -2.46. The lowest BCUT2D eigenvalue weighted by molar-refractivity contribution is 0.230. The van der Waals surface area contributed by atoms with Gasteiger partial charge in [-0.1, -0.05) is 48.0 Å². The van der Waals surface area contributed by atoms with E-state index in [0.29, 0.717) is 12.1 Å². The average Bonchev–Trinajstić information content (AvgIpc) is 3.23.